The Morgan fingerprint density at radius 3 is 2.40 bits per heavy atom. The summed E-state index contributed by atoms with van der Waals surface area (Å²) in [6.45, 7) is 7.03. The van der Waals surface area contributed by atoms with Crippen molar-refractivity contribution in [2.24, 2.45) is 0 Å². The van der Waals surface area contributed by atoms with E-state index < -0.39 is 0 Å². The van der Waals surface area contributed by atoms with E-state index in [0.29, 0.717) is 0 Å². The predicted octanol–water partition coefficient (Wildman–Crippen LogP) is 3.22. The number of rotatable bonds is 5. The molecule has 0 bridgehead atoms. The Bertz CT molecular complexity index is 84.7. The number of hydrogen-bond acceptors (Lipinski definition) is 0. The lowest BCUT2D eigenvalue weighted by molar-refractivity contribution is 0.938. The molecule has 0 aliphatic rings. The molecule has 0 amide bonds. The number of hydrogen-bond donors (Lipinski definition) is 0. The van der Waals surface area contributed by atoms with Crippen LogP contribution in [0.4, 0.5) is 0 Å². The third kappa shape index (κ3) is 7.96. The molecular weight excluding hydrogens is 136 g/mol. The molecule has 0 fully saturated rings. The Morgan fingerprint density at radius 2 is 1.90 bits per heavy atom. The third-order valence-corrected chi connectivity index (χ3v) is 3.12. The van der Waals surface area contributed by atoms with Crippen LogP contribution >= 0.6 is 0 Å². The van der Waals surface area contributed by atoms with Gasteiger partial charge in [0, 0.05) is 8.80 Å². The van der Waals surface area contributed by atoms with Crippen LogP contribution in [0.5, 0.6) is 0 Å². The van der Waals surface area contributed by atoms with Gasteiger partial charge in [0.2, 0.25) is 0 Å². The smallest absolute Gasteiger partial charge is 0.0305 e. The van der Waals surface area contributed by atoms with Gasteiger partial charge in [-0.3, -0.25) is 0 Å². The van der Waals surface area contributed by atoms with Gasteiger partial charge in [-0.05, 0) is 12.8 Å². The van der Waals surface area contributed by atoms with Gasteiger partial charge in [0.15, 0.2) is 0 Å². The fourth-order valence-corrected chi connectivity index (χ4v) is 1.98. The molecule has 0 rings (SSSR count). The van der Waals surface area contributed by atoms with Gasteiger partial charge in [0.05, 0.1) is 0 Å². The molecule has 60 valence electrons. The first kappa shape index (κ1) is 9.96. The van der Waals surface area contributed by atoms with Gasteiger partial charge in [-0.2, -0.15) is 0 Å². The lowest BCUT2D eigenvalue weighted by Gasteiger charge is -1.98. The van der Waals surface area contributed by atoms with Crippen molar-refractivity contribution in [3.63, 3.8) is 0 Å². The molecule has 0 heterocycles. The Hall–Kier alpha value is -0.0431. The molecule has 1 heteroatoms. The normalized spacial score (nSPS) is 11.6. The Kier molecular flexibility index (Phi) is 7.04. The number of unbranched alkanes of at least 4 members (excludes halogenated alkanes) is 1. The molecule has 0 atom stereocenters. The molecule has 0 nitrogen and oxygen atoms in total. The van der Waals surface area contributed by atoms with Crippen LogP contribution in [0.2, 0.25) is 19.1 Å². The summed E-state index contributed by atoms with van der Waals surface area (Å²) in [7, 11) is -0.256. The van der Waals surface area contributed by atoms with E-state index in [1.165, 1.54) is 25.3 Å². The van der Waals surface area contributed by atoms with Gasteiger partial charge >= 0.3 is 0 Å². The van der Waals surface area contributed by atoms with Gasteiger partial charge in [-0.25, -0.2) is 0 Å². The van der Waals surface area contributed by atoms with E-state index in [2.05, 4.69) is 32.2 Å². The second kappa shape index (κ2) is 7.07. The molecule has 0 aromatic carbocycles. The van der Waals surface area contributed by atoms with Crippen LogP contribution in [0.1, 0.15) is 26.2 Å². The second-order valence-electron chi connectivity index (χ2n) is 3.20. The summed E-state index contributed by atoms with van der Waals surface area (Å²) in [6.07, 6.45) is 8.50. The Balaban J connectivity index is 2.97. The van der Waals surface area contributed by atoms with Crippen molar-refractivity contribution in [3.8, 4) is 0 Å². The van der Waals surface area contributed by atoms with Crippen LogP contribution in [0.3, 0.4) is 0 Å². The topological polar surface area (TPSA) is 0 Å². The summed E-state index contributed by atoms with van der Waals surface area (Å²) in [4.78, 5) is 0. The minimum Gasteiger partial charge on any atom is -0.0888 e. The lowest BCUT2D eigenvalue weighted by atomic mass is 10.3. The minimum absolute atomic E-state index is 0.256. The highest BCUT2D eigenvalue weighted by atomic mass is 28.3. The Labute approximate surface area is 66.9 Å². The van der Waals surface area contributed by atoms with Crippen molar-refractivity contribution in [3.05, 3.63) is 12.2 Å². The molecule has 0 aliphatic carbocycles. The predicted molar refractivity (Wildman–Crippen MR) is 52.3 cm³/mol. The van der Waals surface area contributed by atoms with Gasteiger partial charge in [0.1, 0.15) is 0 Å². The molecule has 0 radical (unpaired) electrons. The molecule has 0 saturated heterocycles. The maximum atomic E-state index is 2.42. The largest absolute Gasteiger partial charge is 0.0888 e. The zero-order valence-corrected chi connectivity index (χ0v) is 8.72. The van der Waals surface area contributed by atoms with E-state index in [-0.39, 0.29) is 8.80 Å². The SMILES string of the molecule is CCC=CCCC[SiH](C)C. The fraction of sp³-hybridized carbons (Fsp3) is 0.778. The van der Waals surface area contributed by atoms with Crippen molar-refractivity contribution in [2.75, 3.05) is 0 Å². The standard InChI is InChI=1S/C9H20Si/c1-4-5-6-7-8-9-10(2)3/h5-6,10H,4,7-9H2,1-3H3. The zero-order valence-electron chi connectivity index (χ0n) is 7.56. The molecule has 0 aromatic rings. The molecule has 0 unspecified atom stereocenters. The van der Waals surface area contributed by atoms with E-state index in [9.17, 15) is 0 Å². The fourth-order valence-electron chi connectivity index (χ4n) is 0.928. The van der Waals surface area contributed by atoms with Crippen molar-refractivity contribution in [1.29, 1.82) is 0 Å². The van der Waals surface area contributed by atoms with Crippen LogP contribution in [0.25, 0.3) is 0 Å². The number of allylic oxidation sites excluding steroid dienone is 2. The first-order valence-electron chi connectivity index (χ1n) is 4.42. The van der Waals surface area contributed by atoms with Crippen LogP contribution in [0, 0.1) is 0 Å². The van der Waals surface area contributed by atoms with Crippen molar-refractivity contribution in [2.45, 2.75) is 45.3 Å². The van der Waals surface area contributed by atoms with E-state index >= 15 is 0 Å². The minimum atomic E-state index is -0.256. The van der Waals surface area contributed by atoms with Gasteiger partial charge in [-0.15, -0.1) is 0 Å². The summed E-state index contributed by atoms with van der Waals surface area (Å²) < 4.78 is 0. The van der Waals surface area contributed by atoms with E-state index in [1.807, 2.05) is 0 Å². The highest BCUT2D eigenvalue weighted by Gasteiger charge is 1.92. The quantitative estimate of drug-likeness (QED) is 0.326. The first-order valence-corrected chi connectivity index (χ1v) is 7.55. The monoisotopic (exact) mass is 156 g/mol. The van der Waals surface area contributed by atoms with Crippen LogP contribution in [-0.4, -0.2) is 8.80 Å². The summed E-state index contributed by atoms with van der Waals surface area (Å²) >= 11 is 0. The van der Waals surface area contributed by atoms with Gasteiger partial charge < -0.3 is 0 Å². The highest BCUT2D eigenvalue weighted by molar-refractivity contribution is 6.55. The summed E-state index contributed by atoms with van der Waals surface area (Å²) in [5.41, 5.74) is 0. The molecule has 0 spiro atoms. The molecule has 0 aliphatic heterocycles. The van der Waals surface area contributed by atoms with E-state index in [4.69, 9.17) is 0 Å². The average molecular weight is 156 g/mol. The van der Waals surface area contributed by atoms with Crippen molar-refractivity contribution >= 4 is 8.80 Å². The van der Waals surface area contributed by atoms with E-state index in [0.717, 1.165) is 0 Å². The van der Waals surface area contributed by atoms with Crippen molar-refractivity contribution < 1.29 is 0 Å². The molecule has 10 heavy (non-hydrogen) atoms. The molecule has 0 saturated carbocycles. The summed E-state index contributed by atoms with van der Waals surface area (Å²) in [5.74, 6) is 0. The zero-order chi connectivity index (χ0) is 7.82. The highest BCUT2D eigenvalue weighted by Crippen LogP contribution is 2.01. The average Bonchev–Trinajstić information content (AvgIpc) is 1.87. The second-order valence-corrected chi connectivity index (χ2v) is 6.57. The molecule has 0 N–H and O–H groups in total. The van der Waals surface area contributed by atoms with Gasteiger partial charge in [-0.1, -0.05) is 44.6 Å². The summed E-state index contributed by atoms with van der Waals surface area (Å²) in [6, 6.07) is 1.51. The van der Waals surface area contributed by atoms with E-state index in [1.54, 1.807) is 0 Å². The van der Waals surface area contributed by atoms with Gasteiger partial charge in [0.25, 0.3) is 0 Å². The first-order chi connectivity index (χ1) is 4.77. The molecule has 0 aromatic heterocycles. The lowest BCUT2D eigenvalue weighted by Crippen LogP contribution is -1.96. The van der Waals surface area contributed by atoms with Crippen LogP contribution in [-0.2, 0) is 0 Å². The van der Waals surface area contributed by atoms with Crippen LogP contribution in [0.15, 0.2) is 12.2 Å². The Morgan fingerprint density at radius 1 is 1.20 bits per heavy atom. The maximum absolute atomic E-state index is 2.42. The maximum Gasteiger partial charge on any atom is 0.0305 e. The summed E-state index contributed by atoms with van der Waals surface area (Å²) in [5, 5.41) is 0. The van der Waals surface area contributed by atoms with Crippen LogP contribution < -0.4 is 0 Å². The van der Waals surface area contributed by atoms with Crippen molar-refractivity contribution in [1.82, 2.24) is 0 Å². The molecular formula is C9H20Si. The third-order valence-electron chi connectivity index (χ3n) is 1.55.